The molecule has 2 heterocycles. The van der Waals surface area contributed by atoms with E-state index in [0.29, 0.717) is 11.8 Å². The van der Waals surface area contributed by atoms with E-state index in [-0.39, 0.29) is 0 Å². The highest BCUT2D eigenvalue weighted by Crippen LogP contribution is 2.42. The Morgan fingerprint density at radius 2 is 2.28 bits per heavy atom. The van der Waals surface area contributed by atoms with Gasteiger partial charge in [-0.15, -0.1) is 0 Å². The second-order valence-electron chi connectivity index (χ2n) is 5.34. The van der Waals surface area contributed by atoms with Crippen LogP contribution in [0.4, 0.5) is 0 Å². The third-order valence-corrected chi connectivity index (χ3v) is 4.13. The standard InChI is InChI=1S/C15H21NO2/c1-3-6-16-8-11-10-18-15-5-4-12(17-2)7-13(15)14(11)9-16/h4-5,7,11,14H,3,6,8-10H2,1-2H3. The first-order valence-electron chi connectivity index (χ1n) is 6.85. The molecule has 1 saturated heterocycles. The van der Waals surface area contributed by atoms with E-state index in [2.05, 4.69) is 17.9 Å². The minimum Gasteiger partial charge on any atom is -0.497 e. The van der Waals surface area contributed by atoms with Crippen molar-refractivity contribution in [1.82, 2.24) is 4.90 Å². The fourth-order valence-electron chi connectivity index (χ4n) is 3.25. The lowest BCUT2D eigenvalue weighted by Gasteiger charge is -2.28. The van der Waals surface area contributed by atoms with Crippen LogP contribution in [0.3, 0.4) is 0 Å². The van der Waals surface area contributed by atoms with Crippen LogP contribution in [0.25, 0.3) is 0 Å². The Labute approximate surface area is 109 Å². The molecule has 2 aliphatic heterocycles. The summed E-state index contributed by atoms with van der Waals surface area (Å²) in [7, 11) is 1.72. The molecule has 0 N–H and O–H groups in total. The van der Waals surface area contributed by atoms with Gasteiger partial charge < -0.3 is 14.4 Å². The van der Waals surface area contributed by atoms with Gasteiger partial charge in [0.15, 0.2) is 0 Å². The maximum atomic E-state index is 5.88. The quantitative estimate of drug-likeness (QED) is 0.819. The van der Waals surface area contributed by atoms with Gasteiger partial charge >= 0.3 is 0 Å². The molecule has 18 heavy (non-hydrogen) atoms. The van der Waals surface area contributed by atoms with Gasteiger partial charge in [-0.3, -0.25) is 0 Å². The molecule has 0 saturated carbocycles. The van der Waals surface area contributed by atoms with Crippen molar-refractivity contribution in [3.8, 4) is 11.5 Å². The highest BCUT2D eigenvalue weighted by molar-refractivity contribution is 5.44. The van der Waals surface area contributed by atoms with Gasteiger partial charge in [-0.1, -0.05) is 6.92 Å². The van der Waals surface area contributed by atoms with Crippen LogP contribution in [0.5, 0.6) is 11.5 Å². The summed E-state index contributed by atoms with van der Waals surface area (Å²) in [6, 6.07) is 6.19. The lowest BCUT2D eigenvalue weighted by atomic mass is 9.87. The van der Waals surface area contributed by atoms with Gasteiger partial charge in [0.25, 0.3) is 0 Å². The Morgan fingerprint density at radius 3 is 3.06 bits per heavy atom. The molecule has 2 aliphatic rings. The maximum absolute atomic E-state index is 5.88. The van der Waals surface area contributed by atoms with Crippen molar-refractivity contribution in [2.24, 2.45) is 5.92 Å². The van der Waals surface area contributed by atoms with Crippen LogP contribution in [-0.4, -0.2) is 38.3 Å². The van der Waals surface area contributed by atoms with Gasteiger partial charge in [0.2, 0.25) is 0 Å². The van der Waals surface area contributed by atoms with Crippen LogP contribution < -0.4 is 9.47 Å². The number of fused-ring (bicyclic) bond motifs is 3. The summed E-state index contributed by atoms with van der Waals surface area (Å²) >= 11 is 0. The summed E-state index contributed by atoms with van der Waals surface area (Å²) in [5, 5.41) is 0. The van der Waals surface area contributed by atoms with E-state index in [1.54, 1.807) is 7.11 Å². The molecule has 2 unspecified atom stereocenters. The third kappa shape index (κ3) is 1.97. The van der Waals surface area contributed by atoms with E-state index >= 15 is 0 Å². The van der Waals surface area contributed by atoms with Crippen LogP contribution in [0.15, 0.2) is 18.2 Å². The van der Waals surface area contributed by atoms with E-state index in [4.69, 9.17) is 9.47 Å². The van der Waals surface area contributed by atoms with E-state index in [1.807, 2.05) is 12.1 Å². The number of likely N-dealkylation sites (tertiary alicyclic amines) is 1. The molecule has 3 heteroatoms. The summed E-state index contributed by atoms with van der Waals surface area (Å²) < 4.78 is 11.2. The average molecular weight is 247 g/mol. The van der Waals surface area contributed by atoms with Crippen LogP contribution in [-0.2, 0) is 0 Å². The van der Waals surface area contributed by atoms with E-state index in [9.17, 15) is 0 Å². The number of hydrogen-bond donors (Lipinski definition) is 0. The smallest absolute Gasteiger partial charge is 0.123 e. The van der Waals surface area contributed by atoms with E-state index in [1.165, 1.54) is 31.6 Å². The number of methoxy groups -OCH3 is 1. The first-order chi connectivity index (χ1) is 8.81. The molecule has 0 aromatic heterocycles. The van der Waals surface area contributed by atoms with Crippen molar-refractivity contribution < 1.29 is 9.47 Å². The Hall–Kier alpha value is -1.22. The zero-order valence-corrected chi connectivity index (χ0v) is 11.2. The van der Waals surface area contributed by atoms with Gasteiger partial charge in [-0.2, -0.15) is 0 Å². The fraction of sp³-hybridized carbons (Fsp3) is 0.600. The van der Waals surface area contributed by atoms with Crippen molar-refractivity contribution >= 4 is 0 Å². The van der Waals surface area contributed by atoms with Gasteiger partial charge in [0.1, 0.15) is 11.5 Å². The highest BCUT2D eigenvalue weighted by atomic mass is 16.5. The van der Waals surface area contributed by atoms with Crippen LogP contribution >= 0.6 is 0 Å². The van der Waals surface area contributed by atoms with Gasteiger partial charge in [-0.25, -0.2) is 0 Å². The first-order valence-corrected chi connectivity index (χ1v) is 6.85. The molecule has 98 valence electrons. The zero-order chi connectivity index (χ0) is 12.5. The molecular formula is C15H21NO2. The monoisotopic (exact) mass is 247 g/mol. The minimum absolute atomic E-state index is 0.621. The van der Waals surface area contributed by atoms with Gasteiger partial charge in [0, 0.05) is 30.5 Å². The number of rotatable bonds is 3. The lowest BCUT2D eigenvalue weighted by Crippen LogP contribution is -2.25. The zero-order valence-electron chi connectivity index (χ0n) is 11.2. The third-order valence-electron chi connectivity index (χ3n) is 4.13. The number of hydrogen-bond acceptors (Lipinski definition) is 3. The molecule has 0 bridgehead atoms. The highest BCUT2D eigenvalue weighted by Gasteiger charge is 2.38. The molecule has 1 fully saturated rings. The minimum atomic E-state index is 0.621. The molecular weight excluding hydrogens is 226 g/mol. The average Bonchev–Trinajstić information content (AvgIpc) is 2.81. The second kappa shape index (κ2) is 4.81. The number of ether oxygens (including phenoxy) is 2. The second-order valence-corrected chi connectivity index (χ2v) is 5.34. The van der Waals surface area contributed by atoms with Crippen molar-refractivity contribution in [1.29, 1.82) is 0 Å². The van der Waals surface area contributed by atoms with Crippen LogP contribution in [0, 0.1) is 5.92 Å². The van der Waals surface area contributed by atoms with Crippen molar-refractivity contribution in [2.45, 2.75) is 19.3 Å². The van der Waals surface area contributed by atoms with E-state index in [0.717, 1.165) is 18.1 Å². The Morgan fingerprint density at radius 1 is 1.39 bits per heavy atom. The van der Waals surface area contributed by atoms with Crippen molar-refractivity contribution in [3.05, 3.63) is 23.8 Å². The van der Waals surface area contributed by atoms with Crippen molar-refractivity contribution in [2.75, 3.05) is 33.4 Å². The molecule has 1 aromatic rings. The molecule has 0 spiro atoms. The Balaban J connectivity index is 1.87. The van der Waals surface area contributed by atoms with Crippen LogP contribution in [0.1, 0.15) is 24.8 Å². The van der Waals surface area contributed by atoms with Crippen LogP contribution in [0.2, 0.25) is 0 Å². The van der Waals surface area contributed by atoms with E-state index < -0.39 is 0 Å². The Bertz CT molecular complexity index is 433. The molecule has 3 rings (SSSR count). The molecule has 1 aromatic carbocycles. The van der Waals surface area contributed by atoms with Gasteiger partial charge in [0.05, 0.1) is 13.7 Å². The lowest BCUT2D eigenvalue weighted by molar-refractivity contribution is 0.212. The topological polar surface area (TPSA) is 21.7 Å². The molecule has 3 nitrogen and oxygen atoms in total. The predicted molar refractivity (Wildman–Crippen MR) is 71.5 cm³/mol. The number of benzene rings is 1. The summed E-state index contributed by atoms with van der Waals surface area (Å²) in [6.45, 7) is 6.66. The molecule has 0 aliphatic carbocycles. The number of nitrogens with zero attached hydrogens (tertiary/aromatic N) is 1. The SMILES string of the molecule is CCCN1CC2COc3ccc(OC)cc3C2C1. The van der Waals surface area contributed by atoms with Gasteiger partial charge in [-0.05, 0) is 31.2 Å². The maximum Gasteiger partial charge on any atom is 0.123 e. The largest absolute Gasteiger partial charge is 0.497 e. The summed E-state index contributed by atoms with van der Waals surface area (Å²) in [4.78, 5) is 2.56. The normalized spacial score (nSPS) is 26.3. The van der Waals surface area contributed by atoms with Crippen molar-refractivity contribution in [3.63, 3.8) is 0 Å². The summed E-state index contributed by atoms with van der Waals surface area (Å²) in [6.07, 6.45) is 1.23. The summed E-state index contributed by atoms with van der Waals surface area (Å²) in [5.74, 6) is 3.26. The molecule has 2 atom stereocenters. The summed E-state index contributed by atoms with van der Waals surface area (Å²) in [5.41, 5.74) is 1.34. The molecule has 0 radical (unpaired) electrons. The Kier molecular flexibility index (Phi) is 3.16. The fourth-order valence-corrected chi connectivity index (χ4v) is 3.25. The predicted octanol–water partition coefficient (Wildman–Crippen LogP) is 2.51. The first kappa shape index (κ1) is 11.8. The molecule has 0 amide bonds.